The summed E-state index contributed by atoms with van der Waals surface area (Å²) in [5.74, 6) is -0.297. The van der Waals surface area contributed by atoms with E-state index in [1.54, 1.807) is 24.3 Å². The number of aromatic nitrogens is 1. The summed E-state index contributed by atoms with van der Waals surface area (Å²) in [5.41, 5.74) is 2.47. The number of nitrogens with one attached hydrogen (secondary N) is 2. The molecule has 188 valence electrons. The van der Waals surface area contributed by atoms with Crippen molar-refractivity contribution in [3.8, 4) is 17.0 Å². The van der Waals surface area contributed by atoms with Crippen molar-refractivity contribution >= 4 is 29.0 Å². The largest absolute Gasteiger partial charge is 0.573 e. The Morgan fingerprint density at radius 1 is 1.09 bits per heavy atom. The number of aliphatic hydroxyl groups excluding tert-OH is 1. The van der Waals surface area contributed by atoms with Crippen LogP contribution in [0, 0.1) is 0 Å². The lowest BCUT2D eigenvalue weighted by atomic mass is 10.1. The fraction of sp³-hybridized carbons (Fsp3) is 0.304. The second kappa shape index (κ2) is 12.6. The zero-order valence-electron chi connectivity index (χ0n) is 18.5. The Balaban J connectivity index is 1.79. The van der Waals surface area contributed by atoms with Gasteiger partial charge >= 0.3 is 12.4 Å². The Hall–Kier alpha value is -3.02. The maximum absolute atomic E-state index is 12.5. The van der Waals surface area contributed by atoms with Crippen LogP contribution < -0.4 is 20.2 Å². The molecule has 0 aliphatic carbocycles. The maximum Gasteiger partial charge on any atom is 0.573 e. The number of aliphatic hydroxyl groups is 1. The first-order chi connectivity index (χ1) is 16.7. The lowest BCUT2D eigenvalue weighted by molar-refractivity contribution is -0.274. The third kappa shape index (κ3) is 8.61. The number of carbonyl (C=O) groups excluding carboxylic acids is 1. The highest BCUT2D eigenvalue weighted by atomic mass is 35.5. The molecule has 3 N–H and O–H groups in total. The van der Waals surface area contributed by atoms with Crippen LogP contribution >= 0.6 is 22.9 Å². The Morgan fingerprint density at radius 2 is 1.77 bits per heavy atom. The molecule has 0 radical (unpaired) electrons. The number of ether oxygens (including phenoxy) is 1. The molecule has 3 rings (SSSR count). The van der Waals surface area contributed by atoms with Gasteiger partial charge in [0.15, 0.2) is 4.80 Å². The molecule has 0 bridgehead atoms. The molecule has 3 aromatic rings. The van der Waals surface area contributed by atoms with E-state index in [-0.39, 0.29) is 24.9 Å². The van der Waals surface area contributed by atoms with Crippen LogP contribution in [-0.2, 0) is 13.1 Å². The topological polar surface area (TPSA) is 87.9 Å². The standard InChI is InChI=1S/C23H24ClF3N4O3S/c24-18-6-2-16(3-7-18)14-30-22-31(12-1-10-28-21(33)29-11-13-32)20(15-35-22)17-4-8-19(9-5-17)34-23(25,26)27/h2-9,15,32H,1,10-14H2,(H2,28,29,33)/b30-22-. The van der Waals surface area contributed by atoms with Crippen LogP contribution in [0.25, 0.3) is 11.3 Å². The van der Waals surface area contributed by atoms with Gasteiger partial charge in [-0.15, -0.1) is 24.5 Å². The minimum atomic E-state index is -4.76. The average Bonchev–Trinajstić information content (AvgIpc) is 3.22. The molecule has 0 aliphatic rings. The van der Waals surface area contributed by atoms with Gasteiger partial charge in [0, 0.05) is 30.0 Å². The molecule has 7 nitrogen and oxygen atoms in total. The summed E-state index contributed by atoms with van der Waals surface area (Å²) in [6.45, 7) is 1.34. The smallest absolute Gasteiger partial charge is 0.406 e. The Kier molecular flexibility index (Phi) is 9.58. The Bertz CT molecular complexity index is 1160. The van der Waals surface area contributed by atoms with E-state index in [0.717, 1.165) is 16.1 Å². The minimum absolute atomic E-state index is 0.146. The molecule has 1 heterocycles. The fourth-order valence-corrected chi connectivity index (χ4v) is 4.21. The van der Waals surface area contributed by atoms with Crippen molar-refractivity contribution in [2.45, 2.75) is 25.9 Å². The van der Waals surface area contributed by atoms with Crippen LogP contribution in [-0.4, -0.2) is 41.8 Å². The highest BCUT2D eigenvalue weighted by Gasteiger charge is 2.31. The van der Waals surface area contributed by atoms with Gasteiger partial charge < -0.3 is 25.0 Å². The highest BCUT2D eigenvalue weighted by molar-refractivity contribution is 7.07. The summed E-state index contributed by atoms with van der Waals surface area (Å²) in [7, 11) is 0. The van der Waals surface area contributed by atoms with E-state index >= 15 is 0 Å². The third-order valence-corrected chi connectivity index (χ3v) is 5.89. The summed E-state index contributed by atoms with van der Waals surface area (Å²) >= 11 is 7.36. The zero-order valence-corrected chi connectivity index (χ0v) is 20.1. The first kappa shape index (κ1) is 26.6. The van der Waals surface area contributed by atoms with Gasteiger partial charge in [0.05, 0.1) is 18.8 Å². The third-order valence-electron chi connectivity index (χ3n) is 4.73. The summed E-state index contributed by atoms with van der Waals surface area (Å²) < 4.78 is 43.4. The second-order valence-electron chi connectivity index (χ2n) is 7.33. The minimum Gasteiger partial charge on any atom is -0.406 e. The molecule has 35 heavy (non-hydrogen) atoms. The van der Waals surface area contributed by atoms with Crippen molar-refractivity contribution in [3.63, 3.8) is 0 Å². The molecule has 0 atom stereocenters. The molecule has 0 aliphatic heterocycles. The van der Waals surface area contributed by atoms with Gasteiger partial charge in [-0.25, -0.2) is 4.79 Å². The lowest BCUT2D eigenvalue weighted by Crippen LogP contribution is -2.37. The molecular formula is C23H24ClF3N4O3S. The number of carbonyl (C=O) groups is 1. The Labute approximate surface area is 208 Å². The average molecular weight is 529 g/mol. The quantitative estimate of drug-likeness (QED) is 0.337. The molecule has 0 spiro atoms. The van der Waals surface area contributed by atoms with E-state index in [1.807, 2.05) is 22.1 Å². The maximum atomic E-state index is 12.5. The molecule has 0 saturated carbocycles. The van der Waals surface area contributed by atoms with Gasteiger partial charge in [-0.2, -0.15) is 0 Å². The molecule has 2 aromatic carbocycles. The van der Waals surface area contributed by atoms with E-state index in [2.05, 4.69) is 15.4 Å². The molecular weight excluding hydrogens is 505 g/mol. The number of amides is 2. The van der Waals surface area contributed by atoms with Crippen molar-refractivity contribution in [3.05, 3.63) is 69.3 Å². The van der Waals surface area contributed by atoms with E-state index < -0.39 is 6.36 Å². The molecule has 1 aromatic heterocycles. The monoisotopic (exact) mass is 528 g/mol. The number of benzene rings is 2. The summed E-state index contributed by atoms with van der Waals surface area (Å²) in [6, 6.07) is 12.6. The van der Waals surface area contributed by atoms with Crippen molar-refractivity contribution in [1.29, 1.82) is 0 Å². The van der Waals surface area contributed by atoms with Gasteiger partial charge in [-0.1, -0.05) is 23.7 Å². The normalized spacial score (nSPS) is 12.0. The zero-order chi connectivity index (χ0) is 25.3. The number of thiazole rings is 1. The predicted octanol–water partition coefficient (Wildman–Crippen LogP) is 4.55. The lowest BCUT2D eigenvalue weighted by Gasteiger charge is -2.12. The van der Waals surface area contributed by atoms with Crippen molar-refractivity contribution in [1.82, 2.24) is 15.2 Å². The first-order valence-electron chi connectivity index (χ1n) is 10.7. The highest BCUT2D eigenvalue weighted by Crippen LogP contribution is 2.27. The van der Waals surface area contributed by atoms with Crippen LogP contribution in [0.2, 0.25) is 5.02 Å². The van der Waals surface area contributed by atoms with Crippen LogP contribution in [0.3, 0.4) is 0 Å². The second-order valence-corrected chi connectivity index (χ2v) is 8.60. The first-order valence-corrected chi connectivity index (χ1v) is 11.9. The van der Waals surface area contributed by atoms with E-state index in [4.69, 9.17) is 21.7 Å². The number of hydrogen-bond donors (Lipinski definition) is 3. The van der Waals surface area contributed by atoms with E-state index in [0.29, 0.717) is 36.6 Å². The molecule has 0 unspecified atom stereocenters. The van der Waals surface area contributed by atoms with Gasteiger partial charge in [0.2, 0.25) is 0 Å². The fourth-order valence-electron chi connectivity index (χ4n) is 3.15. The van der Waals surface area contributed by atoms with Crippen molar-refractivity contribution in [2.75, 3.05) is 19.7 Å². The number of halogens is 4. The van der Waals surface area contributed by atoms with Crippen molar-refractivity contribution < 1.29 is 27.8 Å². The van der Waals surface area contributed by atoms with Gasteiger partial charge in [0.25, 0.3) is 0 Å². The van der Waals surface area contributed by atoms with E-state index in [9.17, 15) is 18.0 Å². The number of nitrogens with zero attached hydrogens (tertiary/aromatic N) is 2. The Morgan fingerprint density at radius 3 is 2.43 bits per heavy atom. The van der Waals surface area contributed by atoms with Gasteiger partial charge in [-0.05, 0) is 53.9 Å². The van der Waals surface area contributed by atoms with Crippen molar-refractivity contribution in [2.24, 2.45) is 4.99 Å². The summed E-state index contributed by atoms with van der Waals surface area (Å²) in [6.07, 6.45) is -4.17. The summed E-state index contributed by atoms with van der Waals surface area (Å²) in [5, 5.41) is 16.5. The summed E-state index contributed by atoms with van der Waals surface area (Å²) in [4.78, 5) is 17.1. The molecule has 0 saturated heterocycles. The van der Waals surface area contributed by atoms with Gasteiger partial charge in [-0.3, -0.25) is 4.99 Å². The van der Waals surface area contributed by atoms with Gasteiger partial charge in [0.1, 0.15) is 5.75 Å². The predicted molar refractivity (Wildman–Crippen MR) is 128 cm³/mol. The molecule has 2 amide bonds. The van der Waals surface area contributed by atoms with Crippen LogP contribution in [0.1, 0.15) is 12.0 Å². The number of hydrogen-bond acceptors (Lipinski definition) is 5. The SMILES string of the molecule is O=C(NCCO)NCCCn1c(-c2ccc(OC(F)(F)F)cc2)cs/c1=N\Cc1ccc(Cl)cc1. The van der Waals surface area contributed by atoms with Crippen LogP contribution in [0.15, 0.2) is 58.9 Å². The number of alkyl halides is 3. The number of urea groups is 1. The number of rotatable bonds is 10. The molecule has 12 heteroatoms. The van der Waals surface area contributed by atoms with Crippen LogP contribution in [0.4, 0.5) is 18.0 Å². The van der Waals surface area contributed by atoms with Crippen LogP contribution in [0.5, 0.6) is 5.75 Å². The molecule has 0 fully saturated rings. The van der Waals surface area contributed by atoms with E-state index in [1.165, 1.54) is 23.5 Å².